The molecule has 3 N–H and O–H groups in total. The van der Waals surface area contributed by atoms with Crippen LogP contribution in [-0.2, 0) is 6.42 Å². The van der Waals surface area contributed by atoms with Crippen LogP contribution in [-0.4, -0.2) is 49.1 Å². The maximum Gasteiger partial charge on any atom is 0.414 e. The number of nitrogens with one attached hydrogen (secondary N) is 2. The Hall–Kier alpha value is -1.96. The summed E-state index contributed by atoms with van der Waals surface area (Å²) in [7, 11) is 0. The molecule has 0 aromatic heterocycles. The number of hydrogen-bond donors (Lipinski definition) is 3. The largest absolute Gasteiger partial charge is 0.414 e. The van der Waals surface area contributed by atoms with E-state index in [-0.39, 0.29) is 12.6 Å². The monoisotopic (exact) mass is 345 g/mol. The molecule has 0 radical (unpaired) electrons. The van der Waals surface area contributed by atoms with Crippen molar-refractivity contribution in [2.75, 3.05) is 24.5 Å². The van der Waals surface area contributed by atoms with E-state index in [4.69, 9.17) is 5.11 Å². The summed E-state index contributed by atoms with van der Waals surface area (Å²) in [6.45, 7) is 2.99. The summed E-state index contributed by atoms with van der Waals surface area (Å²) in [5.74, 6) is 0. The number of amides is 2. The number of para-hydroxylation sites is 1. The van der Waals surface area contributed by atoms with Crippen molar-refractivity contribution in [3.05, 3.63) is 29.8 Å². The number of hydrogen-bond acceptors (Lipinski definition) is 3. The van der Waals surface area contributed by atoms with Crippen LogP contribution < -0.4 is 15.5 Å². The summed E-state index contributed by atoms with van der Waals surface area (Å²) in [5, 5.41) is 13.8. The van der Waals surface area contributed by atoms with Gasteiger partial charge in [0.1, 0.15) is 0 Å². The van der Waals surface area contributed by atoms with Crippen molar-refractivity contribution in [3.63, 3.8) is 0 Å². The third kappa shape index (κ3) is 4.77. The zero-order valence-corrected chi connectivity index (χ0v) is 13.4. The number of aliphatic hydroxyl groups is 1. The molecule has 2 rings (SSSR count). The molecule has 0 aliphatic carbocycles. The SMILES string of the molecule is C[C@H](CNC(=O)NCC[C@H](O)C(F)(F)F)N1CCc2ccccc21. The molecular formula is C16H22F3N3O2. The van der Waals surface area contributed by atoms with Crippen molar-refractivity contribution in [3.8, 4) is 0 Å². The van der Waals surface area contributed by atoms with Crippen molar-refractivity contribution < 1.29 is 23.1 Å². The average molecular weight is 345 g/mol. The molecule has 0 saturated carbocycles. The Kier molecular flexibility index (Phi) is 5.93. The predicted octanol–water partition coefficient (Wildman–Crippen LogP) is 2.05. The molecular weight excluding hydrogens is 323 g/mol. The van der Waals surface area contributed by atoms with Gasteiger partial charge in [-0.25, -0.2) is 4.79 Å². The standard InChI is InChI=1S/C16H22F3N3O2/c1-11(22-9-7-12-4-2-3-5-13(12)22)10-21-15(24)20-8-6-14(23)16(17,18)19/h2-5,11,14,23H,6-10H2,1H3,(H2,20,21,24)/t11-,14+/m1/s1. The van der Waals surface area contributed by atoms with Crippen molar-refractivity contribution in [2.24, 2.45) is 0 Å². The molecule has 5 nitrogen and oxygen atoms in total. The van der Waals surface area contributed by atoms with Gasteiger partial charge in [-0.05, 0) is 31.4 Å². The fourth-order valence-corrected chi connectivity index (χ4v) is 2.72. The molecule has 0 fully saturated rings. The minimum atomic E-state index is -4.66. The van der Waals surface area contributed by atoms with E-state index >= 15 is 0 Å². The number of fused-ring (bicyclic) bond motifs is 1. The molecule has 1 aliphatic rings. The summed E-state index contributed by atoms with van der Waals surface area (Å²) in [6.07, 6.45) is -6.68. The Bertz CT molecular complexity index is 566. The second-order valence-electron chi connectivity index (χ2n) is 5.90. The number of nitrogens with zero attached hydrogens (tertiary/aromatic N) is 1. The van der Waals surface area contributed by atoms with Crippen molar-refractivity contribution in [1.82, 2.24) is 10.6 Å². The minimum absolute atomic E-state index is 0.0696. The van der Waals surface area contributed by atoms with Crippen LogP contribution in [0.1, 0.15) is 18.9 Å². The van der Waals surface area contributed by atoms with Gasteiger partial charge in [0.2, 0.25) is 0 Å². The number of rotatable bonds is 6. The van der Waals surface area contributed by atoms with Gasteiger partial charge in [-0.15, -0.1) is 0 Å². The van der Waals surface area contributed by atoms with Gasteiger partial charge in [-0.3, -0.25) is 0 Å². The summed E-state index contributed by atoms with van der Waals surface area (Å²) in [4.78, 5) is 13.8. The second-order valence-corrected chi connectivity index (χ2v) is 5.90. The average Bonchev–Trinajstić information content (AvgIpc) is 2.95. The van der Waals surface area contributed by atoms with Crippen LogP contribution in [0.2, 0.25) is 0 Å². The smallest absolute Gasteiger partial charge is 0.384 e. The normalized spacial score (nSPS) is 16.5. The van der Waals surface area contributed by atoms with Gasteiger partial charge in [0.05, 0.1) is 0 Å². The fourth-order valence-electron chi connectivity index (χ4n) is 2.72. The quantitative estimate of drug-likeness (QED) is 0.739. The van der Waals surface area contributed by atoms with E-state index < -0.39 is 24.7 Å². The summed E-state index contributed by atoms with van der Waals surface area (Å²) >= 11 is 0. The van der Waals surface area contributed by atoms with Crippen LogP contribution in [0.15, 0.2) is 24.3 Å². The van der Waals surface area contributed by atoms with E-state index in [0.717, 1.165) is 18.7 Å². The van der Waals surface area contributed by atoms with E-state index in [1.54, 1.807) is 0 Å². The van der Waals surface area contributed by atoms with Crippen LogP contribution in [0.4, 0.5) is 23.7 Å². The molecule has 24 heavy (non-hydrogen) atoms. The Morgan fingerprint density at radius 1 is 1.33 bits per heavy atom. The van der Waals surface area contributed by atoms with E-state index in [9.17, 15) is 18.0 Å². The first-order valence-corrected chi connectivity index (χ1v) is 7.90. The number of aliphatic hydroxyl groups excluding tert-OH is 1. The third-order valence-electron chi connectivity index (χ3n) is 4.09. The highest BCUT2D eigenvalue weighted by molar-refractivity contribution is 5.74. The molecule has 0 unspecified atom stereocenters. The highest BCUT2D eigenvalue weighted by Crippen LogP contribution is 2.28. The molecule has 134 valence electrons. The van der Waals surface area contributed by atoms with Gasteiger partial charge < -0.3 is 20.6 Å². The summed E-state index contributed by atoms with van der Waals surface area (Å²) < 4.78 is 36.4. The maximum absolute atomic E-state index is 12.1. The highest BCUT2D eigenvalue weighted by Gasteiger charge is 2.37. The Labute approximate surface area is 138 Å². The van der Waals surface area contributed by atoms with Gasteiger partial charge in [-0.2, -0.15) is 13.2 Å². The molecule has 1 aromatic rings. The third-order valence-corrected chi connectivity index (χ3v) is 4.09. The summed E-state index contributed by atoms with van der Waals surface area (Å²) in [6, 6.07) is 7.61. The molecule has 0 bridgehead atoms. The Morgan fingerprint density at radius 2 is 2.04 bits per heavy atom. The van der Waals surface area contributed by atoms with E-state index in [1.165, 1.54) is 5.56 Å². The summed E-state index contributed by atoms with van der Waals surface area (Å²) in [5.41, 5.74) is 2.43. The first-order chi connectivity index (χ1) is 11.3. The lowest BCUT2D eigenvalue weighted by Crippen LogP contribution is -2.45. The van der Waals surface area contributed by atoms with Gasteiger partial charge in [0.15, 0.2) is 6.10 Å². The molecule has 2 atom stereocenters. The Balaban J connectivity index is 1.71. The van der Waals surface area contributed by atoms with Crippen LogP contribution in [0, 0.1) is 0 Å². The lowest BCUT2D eigenvalue weighted by Gasteiger charge is -2.27. The van der Waals surface area contributed by atoms with E-state index in [2.05, 4.69) is 21.6 Å². The van der Waals surface area contributed by atoms with Crippen LogP contribution in [0.25, 0.3) is 0 Å². The zero-order valence-electron chi connectivity index (χ0n) is 13.4. The maximum atomic E-state index is 12.1. The number of alkyl halides is 3. The molecule has 1 aliphatic heterocycles. The lowest BCUT2D eigenvalue weighted by atomic mass is 10.2. The molecule has 2 amide bonds. The number of carbonyl (C=O) groups is 1. The number of carbonyl (C=O) groups excluding carboxylic acids is 1. The van der Waals surface area contributed by atoms with Crippen LogP contribution in [0.5, 0.6) is 0 Å². The van der Waals surface area contributed by atoms with Crippen molar-refractivity contribution in [1.29, 1.82) is 0 Å². The van der Waals surface area contributed by atoms with E-state index in [0.29, 0.717) is 6.54 Å². The molecule has 0 spiro atoms. The number of benzene rings is 1. The number of halogens is 3. The molecule has 8 heteroatoms. The first kappa shape index (κ1) is 18.4. The van der Waals surface area contributed by atoms with Crippen molar-refractivity contribution in [2.45, 2.75) is 38.1 Å². The predicted molar refractivity (Wildman–Crippen MR) is 85.0 cm³/mol. The lowest BCUT2D eigenvalue weighted by molar-refractivity contribution is -0.204. The Morgan fingerprint density at radius 3 is 2.75 bits per heavy atom. The fraction of sp³-hybridized carbons (Fsp3) is 0.562. The minimum Gasteiger partial charge on any atom is -0.384 e. The van der Waals surface area contributed by atoms with Crippen LogP contribution >= 0.6 is 0 Å². The first-order valence-electron chi connectivity index (χ1n) is 7.90. The van der Waals surface area contributed by atoms with Gasteiger partial charge in [-0.1, -0.05) is 18.2 Å². The number of urea groups is 1. The van der Waals surface area contributed by atoms with Crippen LogP contribution in [0.3, 0.4) is 0 Å². The van der Waals surface area contributed by atoms with Gasteiger partial charge in [0, 0.05) is 31.4 Å². The topological polar surface area (TPSA) is 64.6 Å². The zero-order chi connectivity index (χ0) is 17.7. The highest BCUT2D eigenvalue weighted by atomic mass is 19.4. The molecule has 0 saturated heterocycles. The molecule has 1 aromatic carbocycles. The van der Waals surface area contributed by atoms with E-state index in [1.807, 2.05) is 25.1 Å². The molecule has 1 heterocycles. The van der Waals surface area contributed by atoms with Gasteiger partial charge >= 0.3 is 12.2 Å². The second kappa shape index (κ2) is 7.74. The van der Waals surface area contributed by atoms with Crippen molar-refractivity contribution >= 4 is 11.7 Å². The number of anilines is 1. The van der Waals surface area contributed by atoms with Gasteiger partial charge in [0.25, 0.3) is 0 Å².